The van der Waals surface area contributed by atoms with Crippen LogP contribution in [0, 0.1) is 5.41 Å². The Balaban J connectivity index is 1.34. The van der Waals surface area contributed by atoms with Crippen molar-refractivity contribution >= 4 is 22.5 Å². The third-order valence-corrected chi connectivity index (χ3v) is 7.69. The lowest BCUT2D eigenvalue weighted by Gasteiger charge is -2.41. The summed E-state index contributed by atoms with van der Waals surface area (Å²) in [6.45, 7) is 3.21. The van der Waals surface area contributed by atoms with E-state index in [1.54, 1.807) is 13.3 Å². The number of methoxy groups -OCH3 is 1. The molecule has 2 aromatic carbocycles. The van der Waals surface area contributed by atoms with E-state index in [9.17, 15) is 10.2 Å². The van der Waals surface area contributed by atoms with Gasteiger partial charge in [-0.3, -0.25) is 4.98 Å². The van der Waals surface area contributed by atoms with E-state index < -0.39 is 6.10 Å². The number of aliphatic hydroxyl groups is 2. The standard InChI is InChI=1S/C28H35ClN2O3/c1-34-22-9-10-25-23(18-22)27(24(29)19-30-25)26(33)11-12-28(20-32)13-16-31(17-14-28)15-5-8-21-6-3-2-4-7-21/h2-4,6-7,9-10,18-19,26,32-33H,5,8,11-17,20H2,1H3. The Hall–Kier alpha value is -2.18. The molecule has 1 aromatic heterocycles. The summed E-state index contributed by atoms with van der Waals surface area (Å²) in [7, 11) is 1.62. The Bertz CT molecular complexity index is 1070. The van der Waals surface area contributed by atoms with Crippen molar-refractivity contribution < 1.29 is 14.9 Å². The summed E-state index contributed by atoms with van der Waals surface area (Å²) in [4.78, 5) is 6.89. The van der Waals surface area contributed by atoms with E-state index in [1.165, 1.54) is 5.56 Å². The molecule has 1 aliphatic rings. The van der Waals surface area contributed by atoms with E-state index in [0.717, 1.165) is 62.6 Å². The predicted octanol–water partition coefficient (Wildman–Crippen LogP) is 5.42. The van der Waals surface area contributed by atoms with Gasteiger partial charge in [0.2, 0.25) is 0 Å². The number of aromatic nitrogens is 1. The van der Waals surface area contributed by atoms with Crippen LogP contribution in [-0.2, 0) is 6.42 Å². The molecule has 0 aliphatic carbocycles. The van der Waals surface area contributed by atoms with Crippen LogP contribution in [0.3, 0.4) is 0 Å². The summed E-state index contributed by atoms with van der Waals surface area (Å²) in [6.07, 6.45) is 6.31. The van der Waals surface area contributed by atoms with Crippen molar-refractivity contribution in [2.24, 2.45) is 5.41 Å². The molecule has 6 heteroatoms. The molecule has 1 atom stereocenters. The minimum Gasteiger partial charge on any atom is -0.497 e. The van der Waals surface area contributed by atoms with Gasteiger partial charge in [-0.2, -0.15) is 0 Å². The van der Waals surface area contributed by atoms with Gasteiger partial charge >= 0.3 is 0 Å². The largest absolute Gasteiger partial charge is 0.497 e. The molecule has 0 radical (unpaired) electrons. The Labute approximate surface area is 207 Å². The van der Waals surface area contributed by atoms with E-state index in [1.807, 2.05) is 18.2 Å². The number of aliphatic hydroxyl groups excluding tert-OH is 2. The highest BCUT2D eigenvalue weighted by Gasteiger charge is 2.34. The zero-order valence-electron chi connectivity index (χ0n) is 19.9. The van der Waals surface area contributed by atoms with Gasteiger partial charge < -0.3 is 19.8 Å². The number of likely N-dealkylation sites (tertiary alicyclic amines) is 1. The van der Waals surface area contributed by atoms with Gasteiger partial charge in [-0.05, 0) is 87.3 Å². The number of hydrogen-bond acceptors (Lipinski definition) is 5. The van der Waals surface area contributed by atoms with Crippen molar-refractivity contribution in [2.45, 2.75) is 44.6 Å². The van der Waals surface area contributed by atoms with Crippen molar-refractivity contribution in [2.75, 3.05) is 33.4 Å². The Morgan fingerprint density at radius 1 is 1.15 bits per heavy atom. The number of nitrogens with zero attached hydrogens (tertiary/aromatic N) is 2. The number of halogens is 1. The number of ether oxygens (including phenoxy) is 1. The fourth-order valence-electron chi connectivity index (χ4n) is 5.11. The molecule has 5 nitrogen and oxygen atoms in total. The summed E-state index contributed by atoms with van der Waals surface area (Å²) < 4.78 is 5.36. The number of hydrogen-bond donors (Lipinski definition) is 2. The van der Waals surface area contributed by atoms with Crippen LogP contribution < -0.4 is 4.74 Å². The van der Waals surface area contributed by atoms with Crippen molar-refractivity contribution in [3.05, 3.63) is 70.9 Å². The Morgan fingerprint density at radius 3 is 2.62 bits per heavy atom. The lowest BCUT2D eigenvalue weighted by Crippen LogP contribution is -2.42. The van der Waals surface area contributed by atoms with E-state index in [0.29, 0.717) is 22.8 Å². The highest BCUT2D eigenvalue weighted by molar-refractivity contribution is 6.32. The molecular formula is C28H35ClN2O3. The summed E-state index contributed by atoms with van der Waals surface area (Å²) in [5, 5.41) is 22.7. The number of fused-ring (bicyclic) bond motifs is 1. The first-order valence-electron chi connectivity index (χ1n) is 12.2. The van der Waals surface area contributed by atoms with Crippen molar-refractivity contribution in [1.29, 1.82) is 0 Å². The van der Waals surface area contributed by atoms with Gasteiger partial charge in [0.25, 0.3) is 0 Å². The van der Waals surface area contributed by atoms with Crippen LogP contribution in [0.5, 0.6) is 5.75 Å². The van der Waals surface area contributed by atoms with E-state index in [4.69, 9.17) is 16.3 Å². The normalized spacial score (nSPS) is 17.1. The molecule has 1 aliphatic heterocycles. The molecule has 0 saturated carbocycles. The third-order valence-electron chi connectivity index (χ3n) is 7.38. The number of aryl methyl sites for hydroxylation is 1. The van der Waals surface area contributed by atoms with Crippen LogP contribution in [-0.4, -0.2) is 53.4 Å². The van der Waals surface area contributed by atoms with Gasteiger partial charge in [0.15, 0.2) is 0 Å². The monoisotopic (exact) mass is 482 g/mol. The molecule has 34 heavy (non-hydrogen) atoms. The van der Waals surface area contributed by atoms with Gasteiger partial charge in [-0.25, -0.2) is 0 Å². The van der Waals surface area contributed by atoms with Crippen LogP contribution in [0.15, 0.2) is 54.7 Å². The molecule has 0 bridgehead atoms. The number of benzene rings is 2. The lowest BCUT2D eigenvalue weighted by atomic mass is 9.74. The molecule has 1 fully saturated rings. The fraction of sp³-hybridized carbons (Fsp3) is 0.464. The maximum Gasteiger partial charge on any atom is 0.119 e. The Morgan fingerprint density at radius 2 is 1.91 bits per heavy atom. The minimum absolute atomic E-state index is 0.149. The maximum atomic E-state index is 11.1. The van der Waals surface area contributed by atoms with Crippen LogP contribution >= 0.6 is 11.6 Å². The van der Waals surface area contributed by atoms with Crippen LogP contribution in [0.1, 0.15) is 49.3 Å². The van der Waals surface area contributed by atoms with Crippen molar-refractivity contribution in [3.8, 4) is 5.75 Å². The summed E-state index contributed by atoms with van der Waals surface area (Å²) in [6, 6.07) is 16.2. The second kappa shape index (κ2) is 11.5. The molecule has 4 rings (SSSR count). The SMILES string of the molecule is COc1ccc2ncc(Cl)c(C(O)CCC3(CO)CCN(CCCc4ccccc4)CC3)c2c1. The van der Waals surface area contributed by atoms with Gasteiger partial charge in [-0.15, -0.1) is 0 Å². The highest BCUT2D eigenvalue weighted by Crippen LogP contribution is 2.40. The first kappa shape index (κ1) is 24.9. The molecule has 182 valence electrons. The molecule has 1 saturated heterocycles. The first-order valence-corrected chi connectivity index (χ1v) is 12.6. The Kier molecular flexibility index (Phi) is 8.43. The van der Waals surface area contributed by atoms with Gasteiger partial charge in [0, 0.05) is 23.8 Å². The molecule has 1 unspecified atom stereocenters. The first-order chi connectivity index (χ1) is 16.5. The molecule has 3 aromatic rings. The zero-order valence-corrected chi connectivity index (χ0v) is 20.7. The average Bonchev–Trinajstić information content (AvgIpc) is 2.88. The van der Waals surface area contributed by atoms with Crippen molar-refractivity contribution in [1.82, 2.24) is 9.88 Å². The quantitative estimate of drug-likeness (QED) is 0.404. The van der Waals surface area contributed by atoms with Crippen LogP contribution in [0.4, 0.5) is 0 Å². The fourth-order valence-corrected chi connectivity index (χ4v) is 5.39. The topological polar surface area (TPSA) is 65.8 Å². The van der Waals surface area contributed by atoms with Crippen LogP contribution in [0.2, 0.25) is 5.02 Å². The second-order valence-electron chi connectivity index (χ2n) is 9.55. The number of pyridine rings is 1. The molecule has 2 heterocycles. The maximum absolute atomic E-state index is 11.1. The van der Waals surface area contributed by atoms with E-state index >= 15 is 0 Å². The second-order valence-corrected chi connectivity index (χ2v) is 9.95. The summed E-state index contributed by atoms with van der Waals surface area (Å²) in [5.74, 6) is 0.705. The predicted molar refractivity (Wildman–Crippen MR) is 137 cm³/mol. The average molecular weight is 483 g/mol. The molecule has 0 amide bonds. The summed E-state index contributed by atoms with van der Waals surface area (Å²) in [5.41, 5.74) is 2.71. The van der Waals surface area contributed by atoms with Gasteiger partial charge in [-0.1, -0.05) is 41.9 Å². The molecule has 2 N–H and O–H groups in total. The summed E-state index contributed by atoms with van der Waals surface area (Å²) >= 11 is 6.48. The number of piperidine rings is 1. The van der Waals surface area contributed by atoms with Crippen LogP contribution in [0.25, 0.3) is 10.9 Å². The zero-order chi connectivity index (χ0) is 24.0. The highest BCUT2D eigenvalue weighted by atomic mass is 35.5. The lowest BCUT2D eigenvalue weighted by molar-refractivity contribution is 0.0234. The smallest absolute Gasteiger partial charge is 0.119 e. The van der Waals surface area contributed by atoms with Gasteiger partial charge in [0.1, 0.15) is 5.75 Å². The molecular weight excluding hydrogens is 448 g/mol. The van der Waals surface area contributed by atoms with Crippen molar-refractivity contribution in [3.63, 3.8) is 0 Å². The minimum atomic E-state index is -0.725. The van der Waals surface area contributed by atoms with Gasteiger partial charge in [0.05, 0.1) is 23.8 Å². The molecule has 0 spiro atoms. The third kappa shape index (κ3) is 5.89. The van der Waals surface area contributed by atoms with E-state index in [2.05, 4.69) is 40.2 Å². The van der Waals surface area contributed by atoms with E-state index in [-0.39, 0.29) is 12.0 Å². The number of rotatable bonds is 10.